The molecule has 0 bridgehead atoms. The van der Waals surface area contributed by atoms with E-state index in [0.717, 1.165) is 12.4 Å². The molecule has 0 amide bonds. The van der Waals surface area contributed by atoms with Gasteiger partial charge in [-0.3, -0.25) is 0 Å². The van der Waals surface area contributed by atoms with E-state index in [4.69, 9.17) is 4.74 Å². The predicted octanol–water partition coefficient (Wildman–Crippen LogP) is 3.63. The molecule has 1 heterocycles. The van der Waals surface area contributed by atoms with Gasteiger partial charge < -0.3 is 10.1 Å². The van der Waals surface area contributed by atoms with E-state index in [0.29, 0.717) is 10.8 Å². The second-order valence-corrected chi connectivity index (χ2v) is 6.62. The molecule has 2 nitrogen and oxygen atoms in total. The van der Waals surface area contributed by atoms with Crippen LogP contribution in [0.1, 0.15) is 38.3 Å². The standard InChI is InChI=1S/C15H23NOS/c1-4-17-13-8-6-12(7-9-13)14(16-3)15(2)10-5-11-18-15/h6-9,14,16H,4-5,10-11H2,1-3H3. The summed E-state index contributed by atoms with van der Waals surface area (Å²) in [6.45, 7) is 5.12. The summed E-state index contributed by atoms with van der Waals surface area (Å²) in [6, 6.07) is 8.95. The Morgan fingerprint density at radius 1 is 1.39 bits per heavy atom. The van der Waals surface area contributed by atoms with E-state index in [1.807, 2.05) is 6.92 Å². The third-order valence-corrected chi connectivity index (χ3v) is 5.27. The van der Waals surface area contributed by atoms with E-state index in [-0.39, 0.29) is 0 Å². The highest BCUT2D eigenvalue weighted by Gasteiger charge is 2.37. The van der Waals surface area contributed by atoms with Gasteiger partial charge in [0.15, 0.2) is 0 Å². The van der Waals surface area contributed by atoms with Crippen LogP contribution in [0.2, 0.25) is 0 Å². The molecule has 100 valence electrons. The first-order valence-electron chi connectivity index (χ1n) is 6.73. The van der Waals surface area contributed by atoms with Gasteiger partial charge in [-0.1, -0.05) is 12.1 Å². The molecular weight excluding hydrogens is 242 g/mol. The van der Waals surface area contributed by atoms with Gasteiger partial charge in [0.25, 0.3) is 0 Å². The van der Waals surface area contributed by atoms with Crippen molar-refractivity contribution in [1.29, 1.82) is 0 Å². The summed E-state index contributed by atoms with van der Waals surface area (Å²) in [5, 5.41) is 3.49. The number of hydrogen-bond donors (Lipinski definition) is 1. The average Bonchev–Trinajstić information content (AvgIpc) is 2.80. The maximum absolute atomic E-state index is 5.50. The number of thioether (sulfide) groups is 1. The molecule has 18 heavy (non-hydrogen) atoms. The van der Waals surface area contributed by atoms with Crippen molar-refractivity contribution in [2.75, 3.05) is 19.4 Å². The molecule has 0 aromatic heterocycles. The van der Waals surface area contributed by atoms with Crippen molar-refractivity contribution in [2.24, 2.45) is 0 Å². The van der Waals surface area contributed by atoms with Crippen molar-refractivity contribution in [3.05, 3.63) is 29.8 Å². The Morgan fingerprint density at radius 3 is 2.61 bits per heavy atom. The van der Waals surface area contributed by atoms with Gasteiger partial charge in [0.1, 0.15) is 5.75 Å². The van der Waals surface area contributed by atoms with E-state index >= 15 is 0 Å². The smallest absolute Gasteiger partial charge is 0.119 e. The van der Waals surface area contributed by atoms with Crippen LogP contribution in [-0.4, -0.2) is 24.2 Å². The summed E-state index contributed by atoms with van der Waals surface area (Å²) >= 11 is 2.09. The van der Waals surface area contributed by atoms with E-state index in [1.165, 1.54) is 24.2 Å². The molecule has 0 spiro atoms. The van der Waals surface area contributed by atoms with Gasteiger partial charge in [-0.05, 0) is 57.2 Å². The lowest BCUT2D eigenvalue weighted by Gasteiger charge is -2.33. The number of hydrogen-bond acceptors (Lipinski definition) is 3. The number of rotatable bonds is 5. The summed E-state index contributed by atoms with van der Waals surface area (Å²) in [5.41, 5.74) is 1.36. The molecule has 0 aliphatic carbocycles. The molecule has 1 aliphatic rings. The van der Waals surface area contributed by atoms with Crippen LogP contribution in [-0.2, 0) is 0 Å². The van der Waals surface area contributed by atoms with E-state index in [2.05, 4.69) is 55.3 Å². The zero-order valence-electron chi connectivity index (χ0n) is 11.5. The highest BCUT2D eigenvalue weighted by Crippen LogP contribution is 2.46. The highest BCUT2D eigenvalue weighted by atomic mass is 32.2. The summed E-state index contributed by atoms with van der Waals surface area (Å²) in [7, 11) is 2.06. The molecule has 0 radical (unpaired) electrons. The van der Waals surface area contributed by atoms with Crippen molar-refractivity contribution < 1.29 is 4.74 Å². The van der Waals surface area contributed by atoms with Crippen LogP contribution in [0, 0.1) is 0 Å². The Labute approximate surface area is 114 Å². The van der Waals surface area contributed by atoms with Crippen molar-refractivity contribution in [3.63, 3.8) is 0 Å². The minimum atomic E-state index is 0.321. The maximum Gasteiger partial charge on any atom is 0.119 e. The van der Waals surface area contributed by atoms with Crippen molar-refractivity contribution in [3.8, 4) is 5.75 Å². The van der Waals surface area contributed by atoms with Gasteiger partial charge >= 0.3 is 0 Å². The molecule has 1 N–H and O–H groups in total. The molecule has 1 saturated heterocycles. The van der Waals surface area contributed by atoms with E-state index in [9.17, 15) is 0 Å². The average molecular weight is 265 g/mol. The van der Waals surface area contributed by atoms with E-state index < -0.39 is 0 Å². The largest absolute Gasteiger partial charge is 0.494 e. The normalized spacial score (nSPS) is 25.1. The first kappa shape index (κ1) is 13.8. The minimum absolute atomic E-state index is 0.321. The number of benzene rings is 1. The van der Waals surface area contributed by atoms with Crippen molar-refractivity contribution >= 4 is 11.8 Å². The van der Waals surface area contributed by atoms with Gasteiger partial charge in [-0.15, -0.1) is 0 Å². The highest BCUT2D eigenvalue weighted by molar-refractivity contribution is 8.00. The topological polar surface area (TPSA) is 21.3 Å². The molecule has 1 aromatic rings. The van der Waals surface area contributed by atoms with Gasteiger partial charge in [0, 0.05) is 10.8 Å². The molecule has 2 unspecified atom stereocenters. The molecule has 1 fully saturated rings. The molecule has 2 atom stereocenters. The second kappa shape index (κ2) is 5.98. The zero-order chi connectivity index (χ0) is 13.0. The quantitative estimate of drug-likeness (QED) is 0.878. The molecule has 2 rings (SSSR count). The lowest BCUT2D eigenvalue weighted by Crippen LogP contribution is -2.35. The van der Waals surface area contributed by atoms with E-state index in [1.54, 1.807) is 0 Å². The summed E-state index contributed by atoms with van der Waals surface area (Å²) in [4.78, 5) is 0. The van der Waals surface area contributed by atoms with Crippen molar-refractivity contribution in [1.82, 2.24) is 5.32 Å². The first-order valence-corrected chi connectivity index (χ1v) is 7.72. The van der Waals surface area contributed by atoms with Crippen LogP contribution in [0.4, 0.5) is 0 Å². The molecule has 3 heteroatoms. The second-order valence-electron chi connectivity index (χ2n) is 4.99. The summed E-state index contributed by atoms with van der Waals surface area (Å²) in [5.74, 6) is 2.24. The Kier molecular flexibility index (Phi) is 4.57. The minimum Gasteiger partial charge on any atom is -0.494 e. The van der Waals surface area contributed by atoms with Crippen LogP contribution >= 0.6 is 11.8 Å². The van der Waals surface area contributed by atoms with Gasteiger partial charge in [-0.2, -0.15) is 11.8 Å². The van der Waals surface area contributed by atoms with Crippen LogP contribution < -0.4 is 10.1 Å². The summed E-state index contributed by atoms with van der Waals surface area (Å²) < 4.78 is 5.82. The van der Waals surface area contributed by atoms with Gasteiger partial charge in [0.05, 0.1) is 6.61 Å². The Bertz CT molecular complexity index is 371. The third kappa shape index (κ3) is 2.83. The van der Waals surface area contributed by atoms with Crippen LogP contribution in [0.15, 0.2) is 24.3 Å². The van der Waals surface area contributed by atoms with Gasteiger partial charge in [-0.25, -0.2) is 0 Å². The molecular formula is C15H23NOS. The van der Waals surface area contributed by atoms with Gasteiger partial charge in [0.2, 0.25) is 0 Å². The lowest BCUT2D eigenvalue weighted by atomic mass is 9.90. The van der Waals surface area contributed by atoms with Crippen LogP contribution in [0.25, 0.3) is 0 Å². The summed E-state index contributed by atoms with van der Waals surface area (Å²) in [6.07, 6.45) is 2.62. The molecule has 0 saturated carbocycles. The maximum atomic E-state index is 5.50. The third-order valence-electron chi connectivity index (χ3n) is 3.67. The Morgan fingerprint density at radius 2 is 2.11 bits per heavy atom. The Hall–Kier alpha value is -0.670. The fourth-order valence-electron chi connectivity index (χ4n) is 2.78. The number of nitrogens with one attached hydrogen (secondary N) is 1. The first-order chi connectivity index (χ1) is 8.69. The Balaban J connectivity index is 2.16. The van der Waals surface area contributed by atoms with Crippen LogP contribution in [0.5, 0.6) is 5.75 Å². The molecule has 1 aliphatic heterocycles. The lowest BCUT2D eigenvalue weighted by molar-refractivity contribution is 0.340. The van der Waals surface area contributed by atoms with Crippen LogP contribution in [0.3, 0.4) is 0 Å². The fraction of sp³-hybridized carbons (Fsp3) is 0.600. The van der Waals surface area contributed by atoms with Crippen molar-refractivity contribution in [2.45, 2.75) is 37.5 Å². The number of ether oxygens (including phenoxy) is 1. The fourth-order valence-corrected chi connectivity index (χ4v) is 4.24. The SMILES string of the molecule is CCOc1ccc(C(NC)C2(C)CCCS2)cc1. The molecule has 1 aromatic carbocycles. The predicted molar refractivity (Wildman–Crippen MR) is 79.5 cm³/mol. The monoisotopic (exact) mass is 265 g/mol. The zero-order valence-corrected chi connectivity index (χ0v) is 12.3.